The molecule has 0 spiro atoms. The molecule has 1 aliphatic rings. The summed E-state index contributed by atoms with van der Waals surface area (Å²) in [6.45, 7) is 9.01. The lowest BCUT2D eigenvalue weighted by atomic mass is 10.1. The van der Waals surface area contributed by atoms with E-state index in [0.717, 1.165) is 69.0 Å². The predicted octanol–water partition coefficient (Wildman–Crippen LogP) is 2.49. The number of hydrogen-bond acceptors (Lipinski definition) is 5. The van der Waals surface area contributed by atoms with E-state index in [1.807, 2.05) is 13.8 Å². The van der Waals surface area contributed by atoms with Gasteiger partial charge in [0.2, 0.25) is 0 Å². The van der Waals surface area contributed by atoms with Crippen LogP contribution in [0.15, 0.2) is 4.99 Å². The molecular formula is C16H29IN4O2S. The first kappa shape index (κ1) is 21.6. The predicted molar refractivity (Wildman–Crippen MR) is 110 cm³/mol. The summed E-state index contributed by atoms with van der Waals surface area (Å²) in [5.74, 6) is 1.41. The molecule has 2 rings (SSSR count). The zero-order valence-corrected chi connectivity index (χ0v) is 17.9. The van der Waals surface area contributed by atoms with Crippen LogP contribution < -0.4 is 10.6 Å². The molecule has 0 saturated carbocycles. The fraction of sp³-hybridized carbons (Fsp3) is 0.750. The van der Waals surface area contributed by atoms with Crippen LogP contribution in [0, 0.1) is 19.8 Å². The lowest BCUT2D eigenvalue weighted by molar-refractivity contribution is 0.0888. The van der Waals surface area contributed by atoms with Crippen molar-refractivity contribution in [2.24, 2.45) is 10.9 Å². The molecule has 2 heterocycles. The van der Waals surface area contributed by atoms with E-state index < -0.39 is 0 Å². The van der Waals surface area contributed by atoms with Crippen LogP contribution in [0.1, 0.15) is 28.4 Å². The highest BCUT2D eigenvalue weighted by molar-refractivity contribution is 14.0. The van der Waals surface area contributed by atoms with Crippen LogP contribution in [0.4, 0.5) is 0 Å². The molecule has 24 heavy (non-hydrogen) atoms. The second-order valence-corrected chi connectivity index (χ2v) is 7.04. The summed E-state index contributed by atoms with van der Waals surface area (Å²) >= 11 is 1.73. The maximum Gasteiger partial charge on any atom is 0.191 e. The van der Waals surface area contributed by atoms with E-state index in [1.54, 1.807) is 18.4 Å². The lowest BCUT2D eigenvalue weighted by Gasteiger charge is -2.12. The van der Waals surface area contributed by atoms with Crippen LogP contribution in [0.5, 0.6) is 0 Å². The van der Waals surface area contributed by atoms with Crippen molar-refractivity contribution in [1.29, 1.82) is 0 Å². The number of hydrogen-bond donors (Lipinski definition) is 2. The third-order valence-electron chi connectivity index (χ3n) is 3.78. The Morgan fingerprint density at radius 2 is 2.25 bits per heavy atom. The van der Waals surface area contributed by atoms with Crippen molar-refractivity contribution in [2.75, 3.05) is 40.0 Å². The quantitative estimate of drug-likeness (QED) is 0.266. The van der Waals surface area contributed by atoms with Crippen molar-refractivity contribution in [3.63, 3.8) is 0 Å². The second kappa shape index (κ2) is 12.0. The molecule has 1 atom stereocenters. The molecule has 0 amide bonds. The number of rotatable bonds is 8. The fourth-order valence-electron chi connectivity index (χ4n) is 2.47. The highest BCUT2D eigenvalue weighted by Gasteiger charge is 2.15. The van der Waals surface area contributed by atoms with Gasteiger partial charge in [-0.25, -0.2) is 4.98 Å². The van der Waals surface area contributed by atoms with Crippen molar-refractivity contribution >= 4 is 41.3 Å². The Labute approximate surface area is 165 Å². The zero-order chi connectivity index (χ0) is 16.5. The average molecular weight is 468 g/mol. The second-order valence-electron chi connectivity index (χ2n) is 5.75. The van der Waals surface area contributed by atoms with Gasteiger partial charge in [0.05, 0.1) is 30.5 Å². The van der Waals surface area contributed by atoms with E-state index in [0.29, 0.717) is 5.92 Å². The summed E-state index contributed by atoms with van der Waals surface area (Å²) in [6, 6.07) is 0. The summed E-state index contributed by atoms with van der Waals surface area (Å²) in [6.07, 6.45) is 2.10. The Morgan fingerprint density at radius 3 is 2.88 bits per heavy atom. The first-order valence-corrected chi connectivity index (χ1v) is 9.03. The summed E-state index contributed by atoms with van der Waals surface area (Å²) < 4.78 is 11.0. The van der Waals surface area contributed by atoms with E-state index in [1.165, 1.54) is 4.88 Å². The molecular weight excluding hydrogens is 439 g/mol. The van der Waals surface area contributed by atoms with Gasteiger partial charge in [-0.2, -0.15) is 0 Å². The summed E-state index contributed by atoms with van der Waals surface area (Å²) in [5, 5.41) is 7.74. The Morgan fingerprint density at radius 1 is 1.42 bits per heavy atom. The van der Waals surface area contributed by atoms with E-state index in [9.17, 15) is 0 Å². The molecule has 1 fully saturated rings. The van der Waals surface area contributed by atoms with Gasteiger partial charge in [0.25, 0.3) is 0 Å². The maximum atomic E-state index is 5.69. The first-order chi connectivity index (χ1) is 11.2. The van der Waals surface area contributed by atoms with Crippen LogP contribution in [0.3, 0.4) is 0 Å². The van der Waals surface area contributed by atoms with Gasteiger partial charge < -0.3 is 20.1 Å². The Balaban J connectivity index is 0.00000288. The molecule has 1 unspecified atom stereocenters. The van der Waals surface area contributed by atoms with Crippen LogP contribution >= 0.6 is 35.3 Å². The molecule has 1 aromatic rings. The molecule has 138 valence electrons. The molecule has 1 aliphatic heterocycles. The third-order valence-corrected chi connectivity index (χ3v) is 4.85. The molecule has 1 saturated heterocycles. The van der Waals surface area contributed by atoms with Gasteiger partial charge in [0.15, 0.2) is 5.96 Å². The van der Waals surface area contributed by atoms with E-state index in [4.69, 9.17) is 9.47 Å². The minimum absolute atomic E-state index is 0. The van der Waals surface area contributed by atoms with E-state index in [2.05, 4.69) is 20.6 Å². The lowest BCUT2D eigenvalue weighted by Crippen LogP contribution is -2.37. The Bertz CT molecular complexity index is 504. The van der Waals surface area contributed by atoms with Crippen molar-refractivity contribution in [1.82, 2.24) is 15.6 Å². The summed E-state index contributed by atoms with van der Waals surface area (Å²) in [5.41, 5.74) is 1.10. The van der Waals surface area contributed by atoms with Gasteiger partial charge in [-0.15, -0.1) is 35.3 Å². The van der Waals surface area contributed by atoms with E-state index >= 15 is 0 Å². The van der Waals surface area contributed by atoms with Gasteiger partial charge in [0.1, 0.15) is 0 Å². The summed E-state index contributed by atoms with van der Waals surface area (Å²) in [7, 11) is 1.79. The van der Waals surface area contributed by atoms with Gasteiger partial charge >= 0.3 is 0 Å². The zero-order valence-electron chi connectivity index (χ0n) is 14.8. The average Bonchev–Trinajstić information content (AvgIpc) is 3.15. The molecule has 2 N–H and O–H groups in total. The van der Waals surface area contributed by atoms with Gasteiger partial charge in [-0.05, 0) is 26.7 Å². The van der Waals surface area contributed by atoms with E-state index in [-0.39, 0.29) is 24.0 Å². The number of aryl methyl sites for hydroxylation is 2. The number of guanidine groups is 1. The molecule has 0 aromatic carbocycles. The molecule has 0 aliphatic carbocycles. The first-order valence-electron chi connectivity index (χ1n) is 8.22. The minimum atomic E-state index is 0. The number of ether oxygens (including phenoxy) is 2. The van der Waals surface area contributed by atoms with Gasteiger partial charge in [-0.3, -0.25) is 4.99 Å². The number of nitrogens with zero attached hydrogens (tertiary/aromatic N) is 2. The largest absolute Gasteiger partial charge is 0.381 e. The van der Waals surface area contributed by atoms with Crippen molar-refractivity contribution in [3.8, 4) is 0 Å². The smallest absolute Gasteiger partial charge is 0.191 e. The van der Waals surface area contributed by atoms with Crippen LogP contribution in [-0.2, 0) is 16.0 Å². The number of aromatic nitrogens is 1. The highest BCUT2D eigenvalue weighted by Crippen LogP contribution is 2.16. The monoisotopic (exact) mass is 468 g/mol. The minimum Gasteiger partial charge on any atom is -0.381 e. The standard InChI is InChI=1S/C16H28N4O2S.HI/c1-12-15(23-13(2)20-12)9-19-16(17-3)18-6-4-7-21-10-14-5-8-22-11-14;/h14H,4-11H2,1-3H3,(H2,17,18,19);1H. The number of halogens is 1. The Hall–Kier alpha value is -0.450. The van der Waals surface area contributed by atoms with Crippen LogP contribution in [0.2, 0.25) is 0 Å². The van der Waals surface area contributed by atoms with Crippen molar-refractivity contribution < 1.29 is 9.47 Å². The molecule has 8 heteroatoms. The summed E-state index contributed by atoms with van der Waals surface area (Å²) in [4.78, 5) is 9.93. The van der Waals surface area contributed by atoms with Gasteiger partial charge in [-0.1, -0.05) is 0 Å². The van der Waals surface area contributed by atoms with Crippen LogP contribution in [0.25, 0.3) is 0 Å². The third kappa shape index (κ3) is 7.62. The van der Waals surface area contributed by atoms with Crippen LogP contribution in [-0.4, -0.2) is 51.0 Å². The SMILES string of the molecule is CN=C(NCCCOCC1CCOC1)NCc1sc(C)nc1C.I. The molecule has 1 aromatic heterocycles. The normalized spacial score (nSPS) is 17.6. The highest BCUT2D eigenvalue weighted by atomic mass is 127. The number of thiazole rings is 1. The maximum absolute atomic E-state index is 5.69. The fourth-order valence-corrected chi connectivity index (χ4v) is 3.34. The Kier molecular flexibility index (Phi) is 10.8. The number of nitrogens with one attached hydrogen (secondary N) is 2. The molecule has 0 bridgehead atoms. The topological polar surface area (TPSA) is 67.8 Å². The van der Waals surface area contributed by atoms with Crippen molar-refractivity contribution in [3.05, 3.63) is 15.6 Å². The molecule has 0 radical (unpaired) electrons. The molecule has 6 nitrogen and oxygen atoms in total. The van der Waals surface area contributed by atoms with Crippen molar-refractivity contribution in [2.45, 2.75) is 33.2 Å². The number of aliphatic imine (C=N–C) groups is 1. The van der Waals surface area contributed by atoms with Gasteiger partial charge in [0, 0.05) is 37.6 Å².